The summed E-state index contributed by atoms with van der Waals surface area (Å²) in [5, 5.41) is 0. The number of likely N-dealkylation sites (N-methyl/N-ethyl adjacent to an activating group) is 1. The van der Waals surface area contributed by atoms with Gasteiger partial charge in [0.05, 0.1) is 0 Å². The van der Waals surface area contributed by atoms with Crippen molar-refractivity contribution >= 4 is 22.7 Å². The van der Waals surface area contributed by atoms with Crippen molar-refractivity contribution < 1.29 is 4.58 Å². The van der Waals surface area contributed by atoms with Crippen molar-refractivity contribution in [2.24, 2.45) is 5.73 Å². The second-order valence-corrected chi connectivity index (χ2v) is 8.17. The van der Waals surface area contributed by atoms with E-state index >= 15 is 0 Å². The molecular formula is C28H39N4+. The Morgan fingerprint density at radius 2 is 1.31 bits per heavy atom. The summed E-state index contributed by atoms with van der Waals surface area (Å²) in [6.45, 7) is 4.64. The predicted molar refractivity (Wildman–Crippen MR) is 142 cm³/mol. The van der Waals surface area contributed by atoms with Crippen molar-refractivity contribution in [2.75, 3.05) is 57.6 Å². The summed E-state index contributed by atoms with van der Waals surface area (Å²) in [5.74, 6) is 0. The Kier molecular flexibility index (Phi) is 9.03. The number of hydrogen-bond donors (Lipinski definition) is 1. The van der Waals surface area contributed by atoms with Crippen molar-refractivity contribution in [3.8, 4) is 0 Å². The molecule has 0 atom stereocenters. The van der Waals surface area contributed by atoms with Gasteiger partial charge < -0.3 is 15.5 Å². The molecule has 0 unspecified atom stereocenters. The van der Waals surface area contributed by atoms with Gasteiger partial charge in [0.25, 0.3) is 0 Å². The van der Waals surface area contributed by atoms with Gasteiger partial charge in [-0.25, -0.2) is 4.58 Å². The molecule has 0 aliphatic heterocycles. The van der Waals surface area contributed by atoms with E-state index < -0.39 is 0 Å². The highest BCUT2D eigenvalue weighted by molar-refractivity contribution is 6.04. The number of benzene rings is 2. The molecule has 3 rings (SSSR count). The fourth-order valence-corrected chi connectivity index (χ4v) is 3.82. The van der Waals surface area contributed by atoms with Gasteiger partial charge in [-0.1, -0.05) is 31.7 Å². The maximum atomic E-state index is 5.79. The van der Waals surface area contributed by atoms with Crippen LogP contribution in [-0.2, 0) is 0 Å². The van der Waals surface area contributed by atoms with E-state index in [1.807, 2.05) is 0 Å². The summed E-state index contributed by atoms with van der Waals surface area (Å²) in [7, 11) is 8.27. The van der Waals surface area contributed by atoms with Crippen LogP contribution in [0, 0.1) is 0 Å². The average molecular weight is 432 g/mol. The highest BCUT2D eigenvalue weighted by atomic mass is 15.1. The van der Waals surface area contributed by atoms with Crippen LogP contribution in [0.3, 0.4) is 0 Å². The third kappa shape index (κ3) is 5.77. The predicted octanol–water partition coefficient (Wildman–Crippen LogP) is 4.81. The molecule has 1 aliphatic carbocycles. The van der Waals surface area contributed by atoms with Crippen molar-refractivity contribution in [1.29, 1.82) is 0 Å². The van der Waals surface area contributed by atoms with Gasteiger partial charge in [-0.2, -0.15) is 0 Å². The summed E-state index contributed by atoms with van der Waals surface area (Å²) in [4.78, 5) is 4.43. The summed E-state index contributed by atoms with van der Waals surface area (Å²) in [6, 6.07) is 17.6. The number of hydrogen-bond acceptors (Lipinski definition) is 3. The van der Waals surface area contributed by atoms with E-state index in [4.69, 9.17) is 5.73 Å². The van der Waals surface area contributed by atoms with Gasteiger partial charge in [-0.15, -0.1) is 0 Å². The zero-order valence-electron chi connectivity index (χ0n) is 19.5. The lowest BCUT2D eigenvalue weighted by molar-refractivity contribution is -0.462. The molecule has 0 radical (unpaired) electrons. The Hall–Kier alpha value is -3.11. The maximum absolute atomic E-state index is 5.79. The fourth-order valence-electron chi connectivity index (χ4n) is 3.82. The molecule has 4 nitrogen and oxygen atoms in total. The first-order chi connectivity index (χ1) is 14.9. The second-order valence-electron chi connectivity index (χ2n) is 8.17. The van der Waals surface area contributed by atoms with Gasteiger partial charge >= 0.3 is 0 Å². The van der Waals surface area contributed by atoms with E-state index in [0.717, 1.165) is 13.1 Å². The number of nitrogens with two attached hydrogens (primary N) is 1. The summed E-state index contributed by atoms with van der Waals surface area (Å²) < 4.78 is 2.13. The Bertz CT molecular complexity index is 984. The standard InChI is InChI=1S/C27H35N4.CH4/c1-6-31(20-19-28)26-17-11-23(12-18-26)27(21-7-13-24(14-8-21)29(2)3)22-9-15-25(16-10-22)30(4)5;/h7-18H,6,19-20,28H2,1-5H3;1H4/q+1;. The van der Waals surface area contributed by atoms with Crippen LogP contribution in [0.4, 0.5) is 11.4 Å². The third-order valence-corrected chi connectivity index (χ3v) is 5.65. The minimum Gasteiger partial charge on any atom is -0.378 e. The zero-order valence-corrected chi connectivity index (χ0v) is 19.5. The number of anilines is 2. The van der Waals surface area contributed by atoms with Gasteiger partial charge in [0, 0.05) is 57.3 Å². The topological polar surface area (TPSA) is 35.5 Å². The molecular weight excluding hydrogens is 392 g/mol. The van der Waals surface area contributed by atoms with Crippen molar-refractivity contribution in [2.45, 2.75) is 14.4 Å². The highest BCUT2D eigenvalue weighted by Crippen LogP contribution is 2.32. The van der Waals surface area contributed by atoms with E-state index in [-0.39, 0.29) is 7.43 Å². The van der Waals surface area contributed by atoms with Gasteiger partial charge in [0.1, 0.15) is 14.1 Å². The highest BCUT2D eigenvalue weighted by Gasteiger charge is 2.14. The lowest BCUT2D eigenvalue weighted by Crippen LogP contribution is -2.28. The lowest BCUT2D eigenvalue weighted by Gasteiger charge is -2.23. The summed E-state index contributed by atoms with van der Waals surface area (Å²) >= 11 is 0. The van der Waals surface area contributed by atoms with Crippen LogP contribution in [0.15, 0.2) is 78.4 Å². The number of allylic oxidation sites excluding steroid dienone is 5. The molecule has 170 valence electrons. The van der Waals surface area contributed by atoms with Crippen LogP contribution in [0.5, 0.6) is 0 Å². The van der Waals surface area contributed by atoms with E-state index in [9.17, 15) is 0 Å². The molecule has 0 heterocycles. The first-order valence-corrected chi connectivity index (χ1v) is 10.9. The normalized spacial score (nSPS) is 12.4. The number of rotatable bonds is 7. The summed E-state index contributed by atoms with van der Waals surface area (Å²) in [6.07, 6.45) is 8.78. The van der Waals surface area contributed by atoms with Crippen LogP contribution in [0.1, 0.15) is 25.5 Å². The molecule has 0 fully saturated rings. The molecule has 2 aromatic carbocycles. The first-order valence-electron chi connectivity index (χ1n) is 10.9. The Labute approximate surface area is 194 Å². The Morgan fingerprint density at radius 3 is 1.72 bits per heavy atom. The van der Waals surface area contributed by atoms with Gasteiger partial charge in [-0.05, 0) is 65.6 Å². The van der Waals surface area contributed by atoms with Crippen molar-refractivity contribution in [3.05, 3.63) is 89.5 Å². The average Bonchev–Trinajstić information content (AvgIpc) is 2.79. The number of nitrogens with zero attached hydrogens (tertiary/aromatic N) is 3. The van der Waals surface area contributed by atoms with E-state index in [0.29, 0.717) is 6.54 Å². The van der Waals surface area contributed by atoms with Crippen LogP contribution in [0.2, 0.25) is 0 Å². The molecule has 0 spiro atoms. The van der Waals surface area contributed by atoms with E-state index in [1.54, 1.807) is 0 Å². The maximum Gasteiger partial charge on any atom is 0.199 e. The monoisotopic (exact) mass is 431 g/mol. The van der Waals surface area contributed by atoms with Gasteiger partial charge in [-0.3, -0.25) is 0 Å². The molecule has 0 saturated carbocycles. The molecule has 2 N–H and O–H groups in total. The Morgan fingerprint density at radius 1 is 0.812 bits per heavy atom. The lowest BCUT2D eigenvalue weighted by atomic mass is 9.90. The minimum atomic E-state index is 0. The quantitative estimate of drug-likeness (QED) is 0.639. The SMILES string of the molecule is C.CCN(CCN)c1ccc(C(=C2C=CC(=[N+](C)C)C=C2)c2ccc(N(C)C)cc2)cc1. The zero-order chi connectivity index (χ0) is 22.4. The van der Waals surface area contributed by atoms with Crippen molar-refractivity contribution in [3.63, 3.8) is 0 Å². The smallest absolute Gasteiger partial charge is 0.199 e. The van der Waals surface area contributed by atoms with E-state index in [2.05, 4.69) is 122 Å². The molecule has 0 aromatic heterocycles. The van der Waals surface area contributed by atoms with Gasteiger partial charge in [0.15, 0.2) is 5.71 Å². The molecule has 0 saturated heterocycles. The molecule has 0 bridgehead atoms. The van der Waals surface area contributed by atoms with Crippen molar-refractivity contribution in [1.82, 2.24) is 0 Å². The summed E-state index contributed by atoms with van der Waals surface area (Å²) in [5.41, 5.74) is 14.3. The van der Waals surface area contributed by atoms with Crippen LogP contribution in [0.25, 0.3) is 5.57 Å². The molecule has 32 heavy (non-hydrogen) atoms. The largest absolute Gasteiger partial charge is 0.378 e. The first kappa shape index (κ1) is 25.2. The molecule has 1 aliphatic rings. The van der Waals surface area contributed by atoms with Crippen LogP contribution in [-0.4, -0.2) is 58.1 Å². The fraction of sp³-hybridized carbons (Fsp3) is 0.321. The molecule has 2 aromatic rings. The third-order valence-electron chi connectivity index (χ3n) is 5.65. The van der Waals surface area contributed by atoms with Crippen LogP contribution >= 0.6 is 0 Å². The van der Waals surface area contributed by atoms with Crippen LogP contribution < -0.4 is 15.5 Å². The Balaban J connectivity index is 0.00000363. The molecule has 0 amide bonds. The molecule has 4 heteroatoms. The van der Waals surface area contributed by atoms with Gasteiger partial charge in [0.2, 0.25) is 0 Å². The van der Waals surface area contributed by atoms with E-state index in [1.165, 1.54) is 39.4 Å². The minimum absolute atomic E-state index is 0. The second kappa shape index (κ2) is 11.5.